The van der Waals surface area contributed by atoms with Crippen LogP contribution >= 0.6 is 0 Å². The molecule has 1 aromatic rings. The van der Waals surface area contributed by atoms with Crippen LogP contribution in [0.3, 0.4) is 0 Å². The van der Waals surface area contributed by atoms with Gasteiger partial charge >= 0.3 is 0 Å². The van der Waals surface area contributed by atoms with E-state index in [1.165, 1.54) is 22.3 Å². The minimum atomic E-state index is 0.962. The van der Waals surface area contributed by atoms with E-state index in [-0.39, 0.29) is 0 Å². The van der Waals surface area contributed by atoms with Gasteiger partial charge in [-0.05, 0) is 42.0 Å². The number of aliphatic hydroxyl groups excluding tert-OH is 1. The number of rotatable bonds is 1. The first-order valence-electron chi connectivity index (χ1n) is 5.39. The third-order valence-corrected chi connectivity index (χ3v) is 2.78. The summed E-state index contributed by atoms with van der Waals surface area (Å²) >= 11 is 0. The van der Waals surface area contributed by atoms with Crippen LogP contribution in [0.2, 0.25) is 0 Å². The van der Waals surface area contributed by atoms with Crippen LogP contribution in [0.5, 0.6) is 0 Å². The van der Waals surface area contributed by atoms with Crippen molar-refractivity contribution in [2.75, 3.05) is 13.7 Å². The van der Waals surface area contributed by atoms with Crippen molar-refractivity contribution >= 4 is 6.21 Å². The van der Waals surface area contributed by atoms with Crippen LogP contribution in [0.25, 0.3) is 0 Å². The van der Waals surface area contributed by atoms with Crippen LogP contribution in [0.1, 0.15) is 29.2 Å². The Morgan fingerprint density at radius 1 is 1.33 bits per heavy atom. The maximum atomic E-state index is 7.00. The van der Waals surface area contributed by atoms with Gasteiger partial charge in [-0.3, -0.25) is 4.99 Å². The highest BCUT2D eigenvalue weighted by Gasteiger charge is 2.10. The first kappa shape index (κ1) is 11.9. The van der Waals surface area contributed by atoms with Gasteiger partial charge < -0.3 is 5.11 Å². The molecule has 0 saturated heterocycles. The quantitative estimate of drug-likeness (QED) is 0.748. The fraction of sp³-hybridized carbons (Fsp3) is 0.462. The molecule has 0 saturated carbocycles. The standard InChI is InChI=1S/C12H15N.CH4O/c1-3-11-9(2)4-5-10-8-13-7-6-12(10)11;1-2/h4-5,8H,3,6-7H2,1-2H3;2H,1H3. The van der Waals surface area contributed by atoms with Crippen molar-refractivity contribution in [3.05, 3.63) is 34.4 Å². The van der Waals surface area contributed by atoms with Gasteiger partial charge in [0.2, 0.25) is 0 Å². The van der Waals surface area contributed by atoms with Crippen LogP contribution in [0.4, 0.5) is 0 Å². The number of aliphatic imine (C=N–C) groups is 1. The molecule has 0 bridgehead atoms. The molecule has 0 spiro atoms. The van der Waals surface area contributed by atoms with Crippen molar-refractivity contribution < 1.29 is 5.11 Å². The third kappa shape index (κ3) is 2.45. The van der Waals surface area contributed by atoms with Crippen molar-refractivity contribution in [1.82, 2.24) is 0 Å². The summed E-state index contributed by atoms with van der Waals surface area (Å²) < 4.78 is 0. The number of aliphatic hydroxyl groups is 1. The molecule has 0 atom stereocenters. The Morgan fingerprint density at radius 3 is 2.73 bits per heavy atom. The maximum Gasteiger partial charge on any atom is 0.0430 e. The minimum absolute atomic E-state index is 0.962. The first-order chi connectivity index (χ1) is 7.33. The van der Waals surface area contributed by atoms with Gasteiger partial charge in [-0.1, -0.05) is 19.1 Å². The van der Waals surface area contributed by atoms with Crippen molar-refractivity contribution in [3.63, 3.8) is 0 Å². The molecule has 2 heteroatoms. The minimum Gasteiger partial charge on any atom is -0.400 e. The van der Waals surface area contributed by atoms with Gasteiger partial charge in [0.05, 0.1) is 0 Å². The fourth-order valence-electron chi connectivity index (χ4n) is 2.08. The molecule has 1 aromatic carbocycles. The summed E-state index contributed by atoms with van der Waals surface area (Å²) in [6, 6.07) is 4.39. The molecule has 0 unspecified atom stereocenters. The number of hydrogen-bond acceptors (Lipinski definition) is 2. The molecule has 0 amide bonds. The van der Waals surface area contributed by atoms with Gasteiger partial charge in [0.15, 0.2) is 0 Å². The molecule has 1 aliphatic rings. The Balaban J connectivity index is 0.000000531. The van der Waals surface area contributed by atoms with Gasteiger partial charge in [-0.2, -0.15) is 0 Å². The second-order valence-corrected chi connectivity index (χ2v) is 3.57. The third-order valence-electron chi connectivity index (χ3n) is 2.78. The van der Waals surface area contributed by atoms with Gasteiger partial charge in [0, 0.05) is 19.9 Å². The van der Waals surface area contributed by atoms with Gasteiger partial charge in [0.25, 0.3) is 0 Å². The van der Waals surface area contributed by atoms with E-state index in [1.807, 2.05) is 6.21 Å². The van der Waals surface area contributed by atoms with E-state index in [9.17, 15) is 0 Å². The molecule has 1 N–H and O–H groups in total. The molecular weight excluding hydrogens is 186 g/mol. The summed E-state index contributed by atoms with van der Waals surface area (Å²) in [4.78, 5) is 4.30. The topological polar surface area (TPSA) is 32.6 Å². The predicted molar refractivity (Wildman–Crippen MR) is 64.9 cm³/mol. The summed E-state index contributed by atoms with van der Waals surface area (Å²) in [5.41, 5.74) is 5.81. The van der Waals surface area contributed by atoms with E-state index < -0.39 is 0 Å². The summed E-state index contributed by atoms with van der Waals surface area (Å²) in [6.07, 6.45) is 4.27. The fourth-order valence-corrected chi connectivity index (χ4v) is 2.08. The van der Waals surface area contributed by atoms with Crippen LogP contribution in [0.15, 0.2) is 17.1 Å². The molecule has 0 aliphatic carbocycles. The molecular formula is C13H19NO. The molecule has 0 aromatic heterocycles. The zero-order valence-corrected chi connectivity index (χ0v) is 9.75. The van der Waals surface area contributed by atoms with E-state index >= 15 is 0 Å². The van der Waals surface area contributed by atoms with Crippen LogP contribution in [0, 0.1) is 6.92 Å². The van der Waals surface area contributed by atoms with Crippen molar-refractivity contribution in [1.29, 1.82) is 0 Å². The Hall–Kier alpha value is -1.15. The lowest BCUT2D eigenvalue weighted by atomic mass is 9.92. The molecule has 0 fully saturated rings. The van der Waals surface area contributed by atoms with Crippen molar-refractivity contribution in [2.45, 2.75) is 26.7 Å². The Bertz CT molecular complexity index is 356. The zero-order chi connectivity index (χ0) is 11.3. The summed E-state index contributed by atoms with van der Waals surface area (Å²) in [6.45, 7) is 5.39. The van der Waals surface area contributed by atoms with Crippen LogP contribution in [-0.2, 0) is 12.8 Å². The average Bonchev–Trinajstić information content (AvgIpc) is 2.32. The molecule has 15 heavy (non-hydrogen) atoms. The number of hydrogen-bond donors (Lipinski definition) is 1. The van der Waals surface area contributed by atoms with Gasteiger partial charge in [-0.25, -0.2) is 0 Å². The molecule has 82 valence electrons. The zero-order valence-electron chi connectivity index (χ0n) is 9.75. The van der Waals surface area contributed by atoms with Crippen LogP contribution in [-0.4, -0.2) is 25.0 Å². The number of benzene rings is 1. The van der Waals surface area contributed by atoms with E-state index in [0.29, 0.717) is 0 Å². The van der Waals surface area contributed by atoms with Gasteiger partial charge in [-0.15, -0.1) is 0 Å². The van der Waals surface area contributed by atoms with Crippen molar-refractivity contribution in [3.8, 4) is 0 Å². The monoisotopic (exact) mass is 205 g/mol. The Morgan fingerprint density at radius 2 is 2.07 bits per heavy atom. The Labute approximate surface area is 91.7 Å². The highest BCUT2D eigenvalue weighted by atomic mass is 16.2. The molecule has 0 radical (unpaired) electrons. The van der Waals surface area contributed by atoms with E-state index in [1.54, 1.807) is 0 Å². The smallest absolute Gasteiger partial charge is 0.0430 e. The highest BCUT2D eigenvalue weighted by Crippen LogP contribution is 2.21. The lowest BCUT2D eigenvalue weighted by Crippen LogP contribution is -2.07. The van der Waals surface area contributed by atoms with Crippen LogP contribution < -0.4 is 0 Å². The number of fused-ring (bicyclic) bond motifs is 1. The summed E-state index contributed by atoms with van der Waals surface area (Å²) in [7, 11) is 1.00. The van der Waals surface area contributed by atoms with E-state index in [0.717, 1.165) is 26.5 Å². The van der Waals surface area contributed by atoms with Gasteiger partial charge in [0.1, 0.15) is 0 Å². The molecule has 1 heterocycles. The molecule has 2 rings (SSSR count). The lowest BCUT2D eigenvalue weighted by molar-refractivity contribution is 0.399. The predicted octanol–water partition coefficient (Wildman–Crippen LogP) is 2.14. The van der Waals surface area contributed by atoms with E-state index in [2.05, 4.69) is 31.0 Å². The normalized spacial score (nSPS) is 12.8. The lowest BCUT2D eigenvalue weighted by Gasteiger charge is -2.16. The summed E-state index contributed by atoms with van der Waals surface area (Å²) in [5.74, 6) is 0. The highest BCUT2D eigenvalue weighted by molar-refractivity contribution is 5.83. The Kier molecular flexibility index (Phi) is 4.50. The summed E-state index contributed by atoms with van der Waals surface area (Å²) in [5, 5.41) is 7.00. The number of nitrogens with zero attached hydrogens (tertiary/aromatic N) is 1. The number of aryl methyl sites for hydroxylation is 1. The largest absolute Gasteiger partial charge is 0.400 e. The van der Waals surface area contributed by atoms with Crippen molar-refractivity contribution in [2.24, 2.45) is 4.99 Å². The SMILES string of the molecule is CCc1c(C)ccc2c1CCN=C2.CO. The first-order valence-corrected chi connectivity index (χ1v) is 5.39. The second kappa shape index (κ2) is 5.66. The van der Waals surface area contributed by atoms with E-state index in [4.69, 9.17) is 5.11 Å². The average molecular weight is 205 g/mol. The molecule has 1 aliphatic heterocycles. The molecule has 2 nitrogen and oxygen atoms in total. The maximum absolute atomic E-state index is 7.00. The second-order valence-electron chi connectivity index (χ2n) is 3.57.